The van der Waals surface area contributed by atoms with E-state index in [1.807, 2.05) is 50.2 Å². The molecule has 3 rings (SSSR count). The van der Waals surface area contributed by atoms with Crippen molar-refractivity contribution in [2.45, 2.75) is 33.7 Å². The average Bonchev–Trinajstić information content (AvgIpc) is 2.82. The zero-order valence-corrected chi connectivity index (χ0v) is 20.7. The third-order valence-electron chi connectivity index (χ3n) is 5.06. The van der Waals surface area contributed by atoms with Crippen LogP contribution in [-0.2, 0) is 22.5 Å². The minimum atomic E-state index is -0.250. The zero-order valence-electron chi connectivity index (χ0n) is 20.7. The molecule has 35 heavy (non-hydrogen) atoms. The molecule has 0 aliphatic rings. The highest BCUT2D eigenvalue weighted by Gasteiger charge is 2.10. The van der Waals surface area contributed by atoms with Gasteiger partial charge in [-0.25, -0.2) is 4.68 Å². The summed E-state index contributed by atoms with van der Waals surface area (Å²) in [6.45, 7) is 6.72. The molecule has 3 aromatic rings. The van der Waals surface area contributed by atoms with Gasteiger partial charge in [0.15, 0.2) is 0 Å². The van der Waals surface area contributed by atoms with Gasteiger partial charge >= 0.3 is 5.97 Å². The van der Waals surface area contributed by atoms with Crippen LogP contribution in [0.4, 0.5) is 0 Å². The molecular weight excluding hydrogens is 446 g/mol. The van der Waals surface area contributed by atoms with Gasteiger partial charge in [-0.3, -0.25) is 14.4 Å². The molecule has 8 nitrogen and oxygen atoms in total. The van der Waals surface area contributed by atoms with Crippen LogP contribution in [0.5, 0.6) is 0 Å². The summed E-state index contributed by atoms with van der Waals surface area (Å²) in [6.07, 6.45) is 0.234. The Morgan fingerprint density at radius 2 is 1.71 bits per heavy atom. The van der Waals surface area contributed by atoms with Crippen LogP contribution in [-0.4, -0.2) is 58.5 Å². The molecule has 1 heterocycles. The van der Waals surface area contributed by atoms with Crippen molar-refractivity contribution in [1.82, 2.24) is 14.7 Å². The molecule has 1 N–H and O–H groups in total. The number of nitrogens with zero attached hydrogens (tertiary/aromatic N) is 3. The molecule has 0 aliphatic heterocycles. The molecule has 0 bridgehead atoms. The first-order valence-electron chi connectivity index (χ1n) is 11.4. The summed E-state index contributed by atoms with van der Waals surface area (Å²) >= 11 is 0. The Hall–Kier alpha value is -3.78. The van der Waals surface area contributed by atoms with Gasteiger partial charge in [0.1, 0.15) is 0 Å². The summed E-state index contributed by atoms with van der Waals surface area (Å²) in [7, 11) is 1.68. The largest absolute Gasteiger partial charge is 0.466 e. The predicted molar refractivity (Wildman–Crippen MR) is 134 cm³/mol. The maximum absolute atomic E-state index is 11.7. The van der Waals surface area contributed by atoms with Crippen molar-refractivity contribution in [2.24, 2.45) is 0 Å². The molecule has 2 aromatic carbocycles. The summed E-state index contributed by atoms with van der Waals surface area (Å²) in [5.74, 6) is -0.306. The predicted octanol–water partition coefficient (Wildman–Crippen LogP) is 2.76. The lowest BCUT2D eigenvalue weighted by atomic mass is 10.1. The Labute approximate surface area is 205 Å². The maximum atomic E-state index is 11.7. The number of carbonyl (C=O) groups excluding carboxylic acids is 2. The van der Waals surface area contributed by atoms with Crippen molar-refractivity contribution in [2.75, 3.05) is 26.8 Å². The van der Waals surface area contributed by atoms with E-state index in [2.05, 4.69) is 5.10 Å². The van der Waals surface area contributed by atoms with E-state index in [1.165, 1.54) is 15.6 Å². The first kappa shape index (κ1) is 27.5. The number of ether oxygens (including phenoxy) is 1. The van der Waals surface area contributed by atoms with Crippen LogP contribution in [0.2, 0.25) is 0 Å². The van der Waals surface area contributed by atoms with E-state index in [9.17, 15) is 14.4 Å². The van der Waals surface area contributed by atoms with E-state index in [0.29, 0.717) is 25.3 Å². The summed E-state index contributed by atoms with van der Waals surface area (Å²) in [6, 6.07) is 18.1. The van der Waals surface area contributed by atoms with Gasteiger partial charge in [-0.15, -0.1) is 0 Å². The summed E-state index contributed by atoms with van der Waals surface area (Å²) in [4.78, 5) is 36.4. The van der Waals surface area contributed by atoms with E-state index in [4.69, 9.17) is 9.84 Å². The second kappa shape index (κ2) is 13.8. The second-order valence-corrected chi connectivity index (χ2v) is 8.09. The number of hydrogen-bond acceptors (Lipinski definition) is 6. The summed E-state index contributed by atoms with van der Waals surface area (Å²) < 4.78 is 6.35. The number of hydrogen-bond donors (Lipinski definition) is 1. The fraction of sp³-hybridized carbons (Fsp3) is 0.333. The van der Waals surface area contributed by atoms with Gasteiger partial charge in [-0.05, 0) is 50.1 Å². The Bertz CT molecular complexity index is 1170. The Balaban J connectivity index is 0.000000269. The van der Waals surface area contributed by atoms with Gasteiger partial charge in [0.25, 0.3) is 11.5 Å². The molecular formula is C27H33N3O5. The highest BCUT2D eigenvalue weighted by atomic mass is 16.5. The molecule has 0 unspecified atom stereocenters. The Morgan fingerprint density at radius 3 is 2.37 bits per heavy atom. The third-order valence-corrected chi connectivity index (χ3v) is 5.06. The molecule has 0 atom stereocenters. The number of esters is 1. The molecule has 0 fully saturated rings. The number of aliphatic hydroxyl groups is 1. The van der Waals surface area contributed by atoms with E-state index < -0.39 is 0 Å². The van der Waals surface area contributed by atoms with Gasteiger partial charge in [0.05, 0.1) is 31.9 Å². The van der Waals surface area contributed by atoms with Crippen molar-refractivity contribution in [3.8, 4) is 0 Å². The quantitative estimate of drug-likeness (QED) is 0.499. The Kier molecular flexibility index (Phi) is 10.8. The van der Waals surface area contributed by atoms with Crippen molar-refractivity contribution in [3.05, 3.63) is 99.0 Å². The number of aliphatic hydroxyl groups excluding tert-OH is 1. The Morgan fingerprint density at radius 1 is 1.03 bits per heavy atom. The van der Waals surface area contributed by atoms with Crippen LogP contribution in [0, 0.1) is 13.8 Å². The number of aromatic nitrogens is 2. The number of carbonyl (C=O) groups is 2. The van der Waals surface area contributed by atoms with Gasteiger partial charge < -0.3 is 14.7 Å². The number of likely N-dealkylation sites (N-methyl/N-ethyl adjacent to an activating group) is 1. The van der Waals surface area contributed by atoms with Gasteiger partial charge in [0, 0.05) is 25.2 Å². The number of aryl methyl sites for hydroxylation is 2. The van der Waals surface area contributed by atoms with Gasteiger partial charge in [-0.2, -0.15) is 5.10 Å². The highest BCUT2D eigenvalue weighted by Crippen LogP contribution is 2.08. The van der Waals surface area contributed by atoms with Crippen LogP contribution >= 0.6 is 0 Å². The molecule has 8 heteroatoms. The topological polar surface area (TPSA) is 102 Å². The van der Waals surface area contributed by atoms with Gasteiger partial charge in [-0.1, -0.05) is 42.0 Å². The van der Waals surface area contributed by atoms with Crippen LogP contribution in [0.15, 0.2) is 65.5 Å². The minimum Gasteiger partial charge on any atom is -0.466 e. The normalized spacial score (nSPS) is 10.2. The minimum absolute atomic E-state index is 0.00585. The van der Waals surface area contributed by atoms with Crippen molar-refractivity contribution in [3.63, 3.8) is 0 Å². The zero-order chi connectivity index (χ0) is 25.8. The van der Waals surface area contributed by atoms with E-state index in [1.54, 1.807) is 32.2 Å². The van der Waals surface area contributed by atoms with Crippen molar-refractivity contribution >= 4 is 11.9 Å². The lowest BCUT2D eigenvalue weighted by Crippen LogP contribution is -2.29. The van der Waals surface area contributed by atoms with Crippen LogP contribution in [0.25, 0.3) is 0 Å². The third kappa shape index (κ3) is 9.17. The van der Waals surface area contributed by atoms with Crippen LogP contribution in [0.3, 0.4) is 0 Å². The van der Waals surface area contributed by atoms with Gasteiger partial charge in [0.2, 0.25) is 0 Å². The smallest absolute Gasteiger partial charge is 0.310 e. The molecule has 0 saturated heterocycles. The molecule has 1 amide bonds. The fourth-order valence-electron chi connectivity index (χ4n) is 3.22. The highest BCUT2D eigenvalue weighted by molar-refractivity contribution is 5.94. The van der Waals surface area contributed by atoms with E-state index in [0.717, 1.165) is 22.4 Å². The first-order chi connectivity index (χ1) is 16.7. The lowest BCUT2D eigenvalue weighted by Gasteiger charge is -2.15. The monoisotopic (exact) mass is 479 g/mol. The summed E-state index contributed by atoms with van der Waals surface area (Å²) in [5, 5.41) is 12.9. The van der Waals surface area contributed by atoms with Crippen molar-refractivity contribution in [1.29, 1.82) is 0 Å². The molecule has 186 valence electrons. The van der Waals surface area contributed by atoms with E-state index >= 15 is 0 Å². The number of benzene rings is 2. The lowest BCUT2D eigenvalue weighted by molar-refractivity contribution is -0.142. The van der Waals surface area contributed by atoms with Crippen LogP contribution in [0.1, 0.15) is 39.7 Å². The molecule has 0 aliphatic carbocycles. The molecule has 0 radical (unpaired) electrons. The SMILES string of the molecule is CCOC(=O)Cc1cccc(Cn2nc(C)ccc2=O)c1.Cc1ccc(C(=O)N(C)CCO)cc1. The van der Waals surface area contributed by atoms with Crippen molar-refractivity contribution < 1.29 is 19.4 Å². The second-order valence-electron chi connectivity index (χ2n) is 8.09. The molecule has 1 aromatic heterocycles. The first-order valence-corrected chi connectivity index (χ1v) is 11.4. The maximum Gasteiger partial charge on any atom is 0.310 e. The number of rotatable bonds is 8. The van der Waals surface area contributed by atoms with E-state index in [-0.39, 0.29) is 30.5 Å². The fourth-order valence-corrected chi connectivity index (χ4v) is 3.22. The number of amides is 1. The average molecular weight is 480 g/mol. The molecule has 0 saturated carbocycles. The van der Waals surface area contributed by atoms with Crippen LogP contribution < -0.4 is 5.56 Å². The summed E-state index contributed by atoms with van der Waals surface area (Å²) in [5.41, 5.74) is 4.23. The molecule has 0 spiro atoms. The standard InChI is InChI=1S/C16H18N2O3.C11H15NO2/c1-3-21-16(20)10-13-5-4-6-14(9-13)11-18-15(19)8-7-12(2)17-18;1-9-3-5-10(6-4-9)11(14)12(2)7-8-13/h4-9H,3,10-11H2,1-2H3;3-6,13H,7-8H2,1-2H3.